The summed E-state index contributed by atoms with van der Waals surface area (Å²) < 4.78 is 0. The van der Waals surface area contributed by atoms with E-state index in [-0.39, 0.29) is 12.1 Å². The van der Waals surface area contributed by atoms with Gasteiger partial charge >= 0.3 is 0 Å². The van der Waals surface area contributed by atoms with E-state index in [4.69, 9.17) is 4.99 Å². The van der Waals surface area contributed by atoms with Crippen molar-refractivity contribution in [2.75, 3.05) is 6.54 Å². The average Bonchev–Trinajstić information content (AvgIpc) is 3.42. The van der Waals surface area contributed by atoms with Crippen molar-refractivity contribution in [3.8, 4) is 0 Å². The van der Waals surface area contributed by atoms with Gasteiger partial charge in [-0.1, -0.05) is 200 Å². The summed E-state index contributed by atoms with van der Waals surface area (Å²) in [5.74, 6) is 1.43. The van der Waals surface area contributed by atoms with Crippen LogP contribution in [0.4, 0.5) is 0 Å². The summed E-state index contributed by atoms with van der Waals surface area (Å²) in [5.41, 5.74) is 0. The van der Waals surface area contributed by atoms with Crippen LogP contribution in [0.15, 0.2) is 4.99 Å². The molecular formula is C42H83N3O. The number of amides is 1. The van der Waals surface area contributed by atoms with Crippen LogP contribution in [0.5, 0.6) is 0 Å². The van der Waals surface area contributed by atoms with Crippen LogP contribution in [0.1, 0.15) is 240 Å². The summed E-state index contributed by atoms with van der Waals surface area (Å²) in [6.45, 7) is 9.88. The van der Waals surface area contributed by atoms with E-state index < -0.39 is 0 Å². The van der Waals surface area contributed by atoms with Crippen molar-refractivity contribution in [2.45, 2.75) is 252 Å². The fourth-order valence-electron chi connectivity index (χ4n) is 7.22. The van der Waals surface area contributed by atoms with Gasteiger partial charge in [0.2, 0.25) is 5.91 Å². The smallest absolute Gasteiger partial charge is 0.221 e. The molecule has 0 spiro atoms. The van der Waals surface area contributed by atoms with Crippen LogP contribution in [-0.2, 0) is 4.79 Å². The normalized spacial score (nSPS) is 15.4. The van der Waals surface area contributed by atoms with Crippen molar-refractivity contribution in [1.82, 2.24) is 10.2 Å². The Labute approximate surface area is 289 Å². The van der Waals surface area contributed by atoms with Crippen molar-refractivity contribution >= 4 is 11.7 Å². The molecule has 0 aliphatic carbocycles. The van der Waals surface area contributed by atoms with Crippen molar-refractivity contribution in [3.63, 3.8) is 0 Å². The maximum Gasteiger partial charge on any atom is 0.221 e. The maximum atomic E-state index is 12.7. The molecule has 0 radical (unpaired) electrons. The third-order valence-corrected chi connectivity index (χ3v) is 10.3. The molecule has 0 fully saturated rings. The number of aliphatic imine (C=N–C) groups is 1. The van der Waals surface area contributed by atoms with Crippen molar-refractivity contribution in [3.05, 3.63) is 0 Å². The number of carbonyl (C=O) groups is 1. The molecule has 1 amide bonds. The predicted octanol–water partition coefficient (Wildman–Crippen LogP) is 13.5. The van der Waals surface area contributed by atoms with Crippen molar-refractivity contribution in [2.24, 2.45) is 4.99 Å². The van der Waals surface area contributed by atoms with E-state index in [1.807, 2.05) is 0 Å². The number of amidine groups is 1. The van der Waals surface area contributed by atoms with Gasteiger partial charge in [-0.2, -0.15) is 0 Å². The Bertz CT molecular complexity index is 692. The van der Waals surface area contributed by atoms with E-state index >= 15 is 0 Å². The van der Waals surface area contributed by atoms with Gasteiger partial charge in [0.1, 0.15) is 5.84 Å². The van der Waals surface area contributed by atoms with E-state index in [1.54, 1.807) is 0 Å². The topological polar surface area (TPSA) is 44.7 Å². The molecule has 46 heavy (non-hydrogen) atoms. The third-order valence-electron chi connectivity index (χ3n) is 10.3. The Morgan fingerprint density at radius 2 is 0.913 bits per heavy atom. The van der Waals surface area contributed by atoms with Gasteiger partial charge in [-0.15, -0.1) is 0 Å². The fraction of sp³-hybridized carbons (Fsp3) is 0.952. The lowest BCUT2D eigenvalue weighted by Crippen LogP contribution is -2.48. The highest BCUT2D eigenvalue weighted by molar-refractivity contribution is 5.85. The molecule has 272 valence electrons. The van der Waals surface area contributed by atoms with Crippen LogP contribution in [0.3, 0.4) is 0 Å². The number of carbonyl (C=O) groups excluding carboxylic acids is 1. The van der Waals surface area contributed by atoms with Gasteiger partial charge in [-0.05, 0) is 26.7 Å². The zero-order valence-corrected chi connectivity index (χ0v) is 32.0. The molecule has 4 heteroatoms. The predicted molar refractivity (Wildman–Crippen MR) is 205 cm³/mol. The maximum absolute atomic E-state index is 12.7. The summed E-state index contributed by atoms with van der Waals surface area (Å²) in [4.78, 5) is 20.0. The summed E-state index contributed by atoms with van der Waals surface area (Å²) in [6.07, 6.45) is 44.6. The summed E-state index contributed by atoms with van der Waals surface area (Å²) in [5, 5.41) is 3.28. The Balaban J connectivity index is 1.97. The van der Waals surface area contributed by atoms with Crippen LogP contribution < -0.4 is 5.32 Å². The van der Waals surface area contributed by atoms with Crippen LogP contribution in [-0.4, -0.2) is 35.4 Å². The van der Waals surface area contributed by atoms with Crippen LogP contribution >= 0.6 is 0 Å². The SMILES string of the molecule is CCCCCCCCCCCCCCCCCCC1=NC(C)CN1C(C)NC(=O)CCCCCCCCCCCCCCCCC. The average molecular weight is 646 g/mol. The second kappa shape index (κ2) is 32.5. The van der Waals surface area contributed by atoms with Gasteiger partial charge in [0.25, 0.3) is 0 Å². The first-order chi connectivity index (χ1) is 22.6. The second-order valence-corrected chi connectivity index (χ2v) is 15.0. The molecule has 1 aliphatic rings. The lowest BCUT2D eigenvalue weighted by molar-refractivity contribution is -0.122. The van der Waals surface area contributed by atoms with Gasteiger partial charge in [0, 0.05) is 19.4 Å². The van der Waals surface area contributed by atoms with Crippen LogP contribution in [0.2, 0.25) is 0 Å². The molecule has 0 aromatic rings. The minimum Gasteiger partial charge on any atom is -0.338 e. The first-order valence-corrected chi connectivity index (χ1v) is 21.2. The highest BCUT2D eigenvalue weighted by Gasteiger charge is 2.26. The molecule has 2 unspecified atom stereocenters. The van der Waals surface area contributed by atoms with Gasteiger partial charge in [0.05, 0.1) is 12.2 Å². The molecule has 0 saturated heterocycles. The number of rotatable bonds is 35. The van der Waals surface area contributed by atoms with E-state index in [0.717, 1.165) is 19.4 Å². The molecule has 2 atom stereocenters. The highest BCUT2D eigenvalue weighted by atomic mass is 16.1. The van der Waals surface area contributed by atoms with Crippen LogP contribution in [0, 0.1) is 0 Å². The number of hydrogen-bond donors (Lipinski definition) is 1. The lowest BCUT2D eigenvalue weighted by Gasteiger charge is -2.29. The summed E-state index contributed by atoms with van der Waals surface area (Å²) in [6, 6.07) is 0.339. The first-order valence-electron chi connectivity index (χ1n) is 21.2. The standard InChI is InChI=1S/C42H83N3O/c1-5-7-9-11-13-15-17-19-21-23-24-26-28-30-32-34-36-41-43-39(3)38-45(41)40(4)44-42(46)37-35-33-31-29-27-25-22-20-18-16-14-12-10-8-6-2/h39-40H,5-38H2,1-4H3,(H,44,46). The number of nitrogens with zero attached hydrogens (tertiary/aromatic N) is 2. The Hall–Kier alpha value is -1.06. The van der Waals surface area contributed by atoms with Gasteiger partial charge in [-0.3, -0.25) is 9.79 Å². The molecule has 0 bridgehead atoms. The molecule has 1 aliphatic heterocycles. The summed E-state index contributed by atoms with van der Waals surface area (Å²) >= 11 is 0. The first kappa shape index (κ1) is 43.0. The van der Waals surface area contributed by atoms with Crippen molar-refractivity contribution in [1.29, 1.82) is 0 Å². The van der Waals surface area contributed by atoms with Crippen LogP contribution in [0.25, 0.3) is 0 Å². The fourth-order valence-corrected chi connectivity index (χ4v) is 7.22. The zero-order valence-electron chi connectivity index (χ0n) is 32.0. The Kier molecular flexibility index (Phi) is 30.3. The monoisotopic (exact) mass is 646 g/mol. The van der Waals surface area contributed by atoms with Gasteiger partial charge in [-0.25, -0.2) is 0 Å². The number of unbranched alkanes of at least 4 members (excludes halogenated alkanes) is 29. The van der Waals surface area contributed by atoms with E-state index in [0.29, 0.717) is 12.5 Å². The third kappa shape index (κ3) is 26.0. The number of nitrogens with one attached hydrogen (secondary N) is 1. The molecule has 0 saturated carbocycles. The van der Waals surface area contributed by atoms with E-state index in [9.17, 15) is 4.79 Å². The minimum absolute atomic E-state index is 0.0496. The zero-order chi connectivity index (χ0) is 33.3. The molecule has 0 aromatic heterocycles. The number of hydrogen-bond acceptors (Lipinski definition) is 3. The molecule has 1 heterocycles. The van der Waals surface area contributed by atoms with Gasteiger partial charge < -0.3 is 10.2 Å². The lowest BCUT2D eigenvalue weighted by atomic mass is 10.0. The van der Waals surface area contributed by atoms with E-state index in [1.165, 1.54) is 198 Å². The van der Waals surface area contributed by atoms with E-state index in [2.05, 4.69) is 37.9 Å². The molecule has 4 nitrogen and oxygen atoms in total. The Morgan fingerprint density at radius 3 is 1.28 bits per heavy atom. The van der Waals surface area contributed by atoms with Gasteiger partial charge in [0.15, 0.2) is 0 Å². The van der Waals surface area contributed by atoms with Crippen molar-refractivity contribution < 1.29 is 4.79 Å². The molecule has 1 N–H and O–H groups in total. The highest BCUT2D eigenvalue weighted by Crippen LogP contribution is 2.19. The Morgan fingerprint density at radius 1 is 0.587 bits per heavy atom. The largest absolute Gasteiger partial charge is 0.338 e. The summed E-state index contributed by atoms with van der Waals surface area (Å²) in [7, 11) is 0. The quantitative estimate of drug-likeness (QED) is 0.0697. The molecular weight excluding hydrogens is 562 g/mol. The molecule has 0 aromatic carbocycles. The second-order valence-electron chi connectivity index (χ2n) is 15.0. The molecule has 1 rings (SSSR count). The minimum atomic E-state index is 0.0496.